The van der Waals surface area contributed by atoms with Crippen LogP contribution in [0.15, 0.2) is 42.9 Å². The van der Waals surface area contributed by atoms with Crippen molar-refractivity contribution >= 4 is 5.91 Å². The number of likely N-dealkylation sites (tertiary alicyclic amines) is 2. The fourth-order valence-corrected chi connectivity index (χ4v) is 4.09. The number of nitrogens with one attached hydrogen (secondary N) is 1. The zero-order chi connectivity index (χ0) is 16.4. The summed E-state index contributed by atoms with van der Waals surface area (Å²) in [6.45, 7) is 5.07. The molecule has 5 heteroatoms. The number of rotatable bonds is 5. The molecule has 5 nitrogen and oxygen atoms in total. The second kappa shape index (κ2) is 6.77. The Bertz CT molecular complexity index is 656. The van der Waals surface area contributed by atoms with Gasteiger partial charge in [0.1, 0.15) is 0 Å². The molecule has 2 aliphatic rings. The maximum Gasteiger partial charge on any atom is 0.222 e. The number of amides is 1. The van der Waals surface area contributed by atoms with Crippen LogP contribution in [-0.4, -0.2) is 51.9 Å². The van der Waals surface area contributed by atoms with Gasteiger partial charge in [-0.1, -0.05) is 6.07 Å². The molecule has 2 fully saturated rings. The van der Waals surface area contributed by atoms with Crippen LogP contribution in [0.1, 0.15) is 17.7 Å². The molecule has 2 aromatic heterocycles. The lowest BCUT2D eigenvalue weighted by Crippen LogP contribution is -2.33. The highest BCUT2D eigenvalue weighted by Crippen LogP contribution is 2.32. The van der Waals surface area contributed by atoms with E-state index in [0.717, 1.165) is 44.7 Å². The van der Waals surface area contributed by atoms with Gasteiger partial charge in [-0.15, -0.1) is 0 Å². The van der Waals surface area contributed by atoms with Crippen LogP contribution in [0.2, 0.25) is 0 Å². The molecule has 24 heavy (non-hydrogen) atoms. The number of carbonyl (C=O) groups excluding carboxylic acids is 1. The van der Waals surface area contributed by atoms with Gasteiger partial charge in [0.15, 0.2) is 0 Å². The lowest BCUT2D eigenvalue weighted by atomic mass is 10.0. The first kappa shape index (κ1) is 15.4. The largest absolute Gasteiger partial charge is 0.364 e. The second-order valence-electron chi connectivity index (χ2n) is 7.07. The predicted octanol–water partition coefficient (Wildman–Crippen LogP) is 1.93. The number of fused-ring (bicyclic) bond motifs is 1. The number of nitrogens with zero attached hydrogens (tertiary/aromatic N) is 3. The van der Waals surface area contributed by atoms with Crippen molar-refractivity contribution < 1.29 is 4.79 Å². The van der Waals surface area contributed by atoms with Crippen LogP contribution in [0, 0.1) is 11.8 Å². The van der Waals surface area contributed by atoms with Crippen LogP contribution < -0.4 is 0 Å². The molecule has 2 aliphatic heterocycles. The van der Waals surface area contributed by atoms with Gasteiger partial charge in [0.25, 0.3) is 0 Å². The number of aryl methyl sites for hydroxylation is 1. The van der Waals surface area contributed by atoms with Gasteiger partial charge in [-0.2, -0.15) is 0 Å². The van der Waals surface area contributed by atoms with Crippen LogP contribution in [0.25, 0.3) is 0 Å². The van der Waals surface area contributed by atoms with Gasteiger partial charge in [-0.05, 0) is 42.0 Å². The highest BCUT2D eigenvalue weighted by atomic mass is 16.2. The summed E-state index contributed by atoms with van der Waals surface area (Å²) < 4.78 is 0. The van der Waals surface area contributed by atoms with E-state index in [9.17, 15) is 4.79 Å². The molecule has 2 saturated heterocycles. The Labute approximate surface area is 142 Å². The van der Waals surface area contributed by atoms with Gasteiger partial charge in [-0.25, -0.2) is 0 Å². The summed E-state index contributed by atoms with van der Waals surface area (Å²) in [6, 6.07) is 8.16. The van der Waals surface area contributed by atoms with Gasteiger partial charge in [0.05, 0.1) is 0 Å². The first-order chi connectivity index (χ1) is 11.8. The maximum atomic E-state index is 12.5. The third-order valence-electron chi connectivity index (χ3n) is 5.32. The topological polar surface area (TPSA) is 52.2 Å². The normalized spacial score (nSPS) is 23.6. The average molecular weight is 324 g/mol. The molecule has 0 radical (unpaired) electrons. The molecule has 0 bridgehead atoms. The first-order valence-corrected chi connectivity index (χ1v) is 8.79. The Morgan fingerprint density at radius 1 is 1.17 bits per heavy atom. The second-order valence-corrected chi connectivity index (χ2v) is 7.07. The standard InChI is InChI=1S/C19H24N4O/c24-19(6-5-15-3-1-7-20-9-15)23-12-16-10-22(11-17(16)13-23)14-18-4-2-8-21-18/h1-4,7-9,16-17,21H,5-6,10-14H2/t16-,17-/m1/s1. The van der Waals surface area contributed by atoms with Crippen LogP contribution in [0.4, 0.5) is 0 Å². The van der Waals surface area contributed by atoms with Gasteiger partial charge in [0.2, 0.25) is 5.91 Å². The molecule has 1 amide bonds. The van der Waals surface area contributed by atoms with Crippen LogP contribution in [0.5, 0.6) is 0 Å². The van der Waals surface area contributed by atoms with Crippen LogP contribution >= 0.6 is 0 Å². The summed E-state index contributed by atoms with van der Waals surface area (Å²) in [5, 5.41) is 0. The van der Waals surface area contributed by atoms with Crippen LogP contribution in [-0.2, 0) is 17.8 Å². The smallest absolute Gasteiger partial charge is 0.222 e. The molecule has 0 aliphatic carbocycles. The molecule has 0 aromatic carbocycles. The van der Waals surface area contributed by atoms with E-state index in [2.05, 4.69) is 31.9 Å². The fourth-order valence-electron chi connectivity index (χ4n) is 4.09. The monoisotopic (exact) mass is 324 g/mol. The Hall–Kier alpha value is -2.14. The average Bonchev–Trinajstić information content (AvgIpc) is 3.30. The van der Waals surface area contributed by atoms with Crippen molar-refractivity contribution in [3.63, 3.8) is 0 Å². The molecule has 126 valence electrons. The van der Waals surface area contributed by atoms with Crippen LogP contribution in [0.3, 0.4) is 0 Å². The fraction of sp³-hybridized carbons (Fsp3) is 0.474. The van der Waals surface area contributed by atoms with E-state index in [1.54, 1.807) is 6.20 Å². The Balaban J connectivity index is 1.25. The number of carbonyl (C=O) groups is 1. The lowest BCUT2D eigenvalue weighted by molar-refractivity contribution is -0.130. The minimum absolute atomic E-state index is 0.296. The number of hydrogen-bond acceptors (Lipinski definition) is 3. The van der Waals surface area contributed by atoms with E-state index >= 15 is 0 Å². The third kappa shape index (κ3) is 3.36. The predicted molar refractivity (Wildman–Crippen MR) is 92.2 cm³/mol. The Morgan fingerprint density at radius 2 is 2.00 bits per heavy atom. The molecule has 4 heterocycles. The minimum Gasteiger partial charge on any atom is -0.364 e. The summed E-state index contributed by atoms with van der Waals surface area (Å²) in [6.07, 6.45) is 6.99. The number of hydrogen-bond donors (Lipinski definition) is 1. The highest BCUT2D eigenvalue weighted by Gasteiger charge is 2.41. The Kier molecular flexibility index (Phi) is 4.34. The van der Waals surface area contributed by atoms with E-state index in [0.29, 0.717) is 24.2 Å². The third-order valence-corrected chi connectivity index (χ3v) is 5.32. The molecule has 0 saturated carbocycles. The van der Waals surface area contributed by atoms with Gasteiger partial charge in [0, 0.05) is 63.4 Å². The van der Waals surface area contributed by atoms with E-state index in [1.807, 2.05) is 24.5 Å². The number of aromatic amines is 1. The van der Waals surface area contributed by atoms with Gasteiger partial charge >= 0.3 is 0 Å². The summed E-state index contributed by atoms with van der Waals surface area (Å²) in [5.74, 6) is 1.58. The van der Waals surface area contributed by atoms with Crippen molar-refractivity contribution in [2.75, 3.05) is 26.2 Å². The summed E-state index contributed by atoms with van der Waals surface area (Å²) >= 11 is 0. The van der Waals surface area contributed by atoms with Gasteiger partial charge in [-0.3, -0.25) is 14.7 Å². The molecule has 0 spiro atoms. The summed E-state index contributed by atoms with van der Waals surface area (Å²) in [5.41, 5.74) is 2.42. The zero-order valence-electron chi connectivity index (χ0n) is 13.9. The Morgan fingerprint density at radius 3 is 2.67 bits per heavy atom. The molecular weight excluding hydrogens is 300 g/mol. The van der Waals surface area contributed by atoms with Gasteiger partial charge < -0.3 is 9.88 Å². The molecule has 1 N–H and O–H groups in total. The minimum atomic E-state index is 0.296. The van der Waals surface area contributed by atoms with E-state index in [4.69, 9.17) is 0 Å². The maximum absolute atomic E-state index is 12.5. The number of pyridine rings is 1. The summed E-state index contributed by atoms with van der Waals surface area (Å²) in [7, 11) is 0. The lowest BCUT2D eigenvalue weighted by Gasteiger charge is -2.21. The highest BCUT2D eigenvalue weighted by molar-refractivity contribution is 5.76. The van der Waals surface area contributed by atoms with Crippen molar-refractivity contribution in [3.05, 3.63) is 54.1 Å². The zero-order valence-corrected chi connectivity index (χ0v) is 13.9. The quantitative estimate of drug-likeness (QED) is 0.914. The van der Waals surface area contributed by atoms with Crippen molar-refractivity contribution in [1.82, 2.24) is 19.8 Å². The number of H-pyrrole nitrogens is 1. The molecule has 0 unspecified atom stereocenters. The molecule has 2 atom stereocenters. The number of aromatic nitrogens is 2. The van der Waals surface area contributed by atoms with Crippen molar-refractivity contribution in [1.29, 1.82) is 0 Å². The van der Waals surface area contributed by atoms with Crippen molar-refractivity contribution in [3.8, 4) is 0 Å². The summed E-state index contributed by atoms with van der Waals surface area (Å²) in [4.78, 5) is 24.5. The molecular formula is C19H24N4O. The first-order valence-electron chi connectivity index (χ1n) is 8.79. The van der Waals surface area contributed by atoms with E-state index in [-0.39, 0.29) is 0 Å². The van der Waals surface area contributed by atoms with E-state index in [1.165, 1.54) is 5.69 Å². The van der Waals surface area contributed by atoms with E-state index < -0.39 is 0 Å². The molecule has 4 rings (SSSR count). The van der Waals surface area contributed by atoms with Crippen molar-refractivity contribution in [2.24, 2.45) is 11.8 Å². The SMILES string of the molecule is O=C(CCc1cccnc1)N1C[C@H]2CN(Cc3ccc[nH]3)C[C@@H]2C1. The van der Waals surface area contributed by atoms with Crippen molar-refractivity contribution in [2.45, 2.75) is 19.4 Å². The molecule has 2 aromatic rings.